The van der Waals surface area contributed by atoms with Crippen molar-refractivity contribution >= 4 is 34.8 Å². The molecule has 0 bridgehead atoms. The van der Waals surface area contributed by atoms with Gasteiger partial charge >= 0.3 is 6.18 Å². The third kappa shape index (κ3) is 4.40. The molecular weight excluding hydrogens is 437 g/mol. The molecule has 2 aliphatic rings. The molecule has 2 aliphatic heterocycles. The van der Waals surface area contributed by atoms with Gasteiger partial charge in [-0.05, 0) is 41.5 Å². The number of alkyl halides is 4. The summed E-state index contributed by atoms with van der Waals surface area (Å²) in [6.07, 6.45) is -4.62. The number of amides is 2. The molecule has 2 aromatic carbocycles. The van der Waals surface area contributed by atoms with E-state index in [1.807, 2.05) is 0 Å². The zero-order valence-electron chi connectivity index (χ0n) is 15.9. The van der Waals surface area contributed by atoms with Gasteiger partial charge in [-0.25, -0.2) is 0 Å². The van der Waals surface area contributed by atoms with Gasteiger partial charge in [0.1, 0.15) is 6.61 Å². The summed E-state index contributed by atoms with van der Waals surface area (Å²) in [5, 5.41) is 10.2. The van der Waals surface area contributed by atoms with Crippen LogP contribution in [0.5, 0.6) is 0 Å². The Bertz CT molecular complexity index is 1070. The number of nitrogens with one attached hydrogen (secondary N) is 1. The maximum absolute atomic E-state index is 13.3. The number of hydrogen-bond donors (Lipinski definition) is 1. The lowest BCUT2D eigenvalue weighted by atomic mass is 10.0. The van der Waals surface area contributed by atoms with E-state index in [0.29, 0.717) is 12.1 Å². The van der Waals surface area contributed by atoms with Gasteiger partial charge < -0.3 is 15.0 Å². The van der Waals surface area contributed by atoms with Crippen molar-refractivity contribution < 1.29 is 27.5 Å². The Labute approximate surface area is 179 Å². The first kappa shape index (κ1) is 21.3. The molecule has 0 aliphatic carbocycles. The highest BCUT2D eigenvalue weighted by atomic mass is 35.5. The predicted molar refractivity (Wildman–Crippen MR) is 106 cm³/mol. The van der Waals surface area contributed by atoms with E-state index in [9.17, 15) is 22.8 Å². The van der Waals surface area contributed by atoms with Crippen molar-refractivity contribution in [2.45, 2.75) is 18.2 Å². The zero-order chi connectivity index (χ0) is 22.2. The summed E-state index contributed by atoms with van der Waals surface area (Å²) in [7, 11) is 0. The third-order valence-corrected chi connectivity index (χ3v) is 5.26. The van der Waals surface area contributed by atoms with Gasteiger partial charge in [-0.15, -0.1) is 0 Å². The van der Waals surface area contributed by atoms with Crippen molar-refractivity contribution in [3.05, 3.63) is 58.7 Å². The lowest BCUT2D eigenvalue weighted by Gasteiger charge is -2.29. The van der Waals surface area contributed by atoms with E-state index < -0.39 is 29.1 Å². The zero-order valence-corrected chi connectivity index (χ0v) is 16.7. The molecule has 4 rings (SSSR count). The van der Waals surface area contributed by atoms with Crippen molar-refractivity contribution in [3.8, 4) is 0 Å². The van der Waals surface area contributed by atoms with Crippen LogP contribution in [0.25, 0.3) is 0 Å². The average molecular weight is 453 g/mol. The monoisotopic (exact) mass is 452 g/mol. The molecule has 162 valence electrons. The van der Waals surface area contributed by atoms with Gasteiger partial charge in [-0.2, -0.15) is 23.4 Å². The third-order valence-electron chi connectivity index (χ3n) is 4.94. The summed E-state index contributed by atoms with van der Waals surface area (Å²) in [6.45, 7) is 0.531. The van der Waals surface area contributed by atoms with Crippen molar-refractivity contribution in [2.75, 3.05) is 30.0 Å². The van der Waals surface area contributed by atoms with Crippen LogP contribution in [0.4, 0.5) is 24.5 Å². The average Bonchev–Trinajstić information content (AvgIpc) is 2.74. The quantitative estimate of drug-likeness (QED) is 0.549. The maximum atomic E-state index is 13.3. The molecule has 1 unspecified atom stereocenters. The minimum absolute atomic E-state index is 0.130. The molecule has 0 saturated carbocycles. The van der Waals surface area contributed by atoms with Gasteiger partial charge in [0, 0.05) is 12.1 Å². The van der Waals surface area contributed by atoms with E-state index in [1.54, 1.807) is 6.07 Å². The van der Waals surface area contributed by atoms with Gasteiger partial charge in [0.05, 0.1) is 30.1 Å². The Hall–Kier alpha value is -2.98. The SMILES string of the molecule is O=C(Nc1cc(C(F)(F)F)ccc1N1CCOCC1=O)c1ccc2c(c1)C(Cl)N=NC2. The fraction of sp³-hybridized carbons (Fsp3) is 0.300. The Balaban J connectivity index is 1.68. The Morgan fingerprint density at radius 2 is 2.03 bits per heavy atom. The number of morpholine rings is 1. The maximum Gasteiger partial charge on any atom is 0.416 e. The summed E-state index contributed by atoms with van der Waals surface area (Å²) < 4.78 is 44.9. The van der Waals surface area contributed by atoms with Gasteiger partial charge in [-0.1, -0.05) is 17.7 Å². The first-order chi connectivity index (χ1) is 14.7. The van der Waals surface area contributed by atoms with Crippen molar-refractivity contribution in [1.29, 1.82) is 0 Å². The van der Waals surface area contributed by atoms with Crippen molar-refractivity contribution in [3.63, 3.8) is 0 Å². The predicted octanol–water partition coefficient (Wildman–Crippen LogP) is 4.52. The van der Waals surface area contributed by atoms with Crippen LogP contribution in [-0.4, -0.2) is 31.6 Å². The number of benzene rings is 2. The molecular formula is C20H16ClF3N4O3. The van der Waals surface area contributed by atoms with Crippen LogP contribution in [0.2, 0.25) is 0 Å². The van der Waals surface area contributed by atoms with E-state index >= 15 is 0 Å². The lowest BCUT2D eigenvalue weighted by Crippen LogP contribution is -2.42. The number of fused-ring (bicyclic) bond motifs is 1. The molecule has 7 nitrogen and oxygen atoms in total. The summed E-state index contributed by atoms with van der Waals surface area (Å²) >= 11 is 6.12. The molecule has 2 aromatic rings. The van der Waals surface area contributed by atoms with Crippen molar-refractivity contribution in [2.24, 2.45) is 10.2 Å². The second kappa shape index (κ2) is 8.27. The highest BCUT2D eigenvalue weighted by Gasteiger charge is 2.33. The first-order valence-electron chi connectivity index (χ1n) is 9.28. The minimum atomic E-state index is -4.62. The molecule has 1 fully saturated rings. The number of azo groups is 1. The van der Waals surface area contributed by atoms with E-state index in [0.717, 1.165) is 17.7 Å². The van der Waals surface area contributed by atoms with Crippen LogP contribution in [0.1, 0.15) is 32.5 Å². The smallest absolute Gasteiger partial charge is 0.370 e. The molecule has 0 spiro atoms. The fourth-order valence-electron chi connectivity index (χ4n) is 3.37. The number of carbonyl (C=O) groups is 2. The van der Waals surface area contributed by atoms with Crippen LogP contribution in [0.3, 0.4) is 0 Å². The number of hydrogen-bond acceptors (Lipinski definition) is 5. The minimum Gasteiger partial charge on any atom is -0.370 e. The first-order valence-corrected chi connectivity index (χ1v) is 9.72. The van der Waals surface area contributed by atoms with Crippen LogP contribution < -0.4 is 10.2 Å². The largest absolute Gasteiger partial charge is 0.416 e. The van der Waals surface area contributed by atoms with Gasteiger partial charge in [0.25, 0.3) is 11.8 Å². The molecule has 2 heterocycles. The van der Waals surface area contributed by atoms with Gasteiger partial charge in [0.2, 0.25) is 0 Å². The van der Waals surface area contributed by atoms with E-state index in [4.69, 9.17) is 16.3 Å². The van der Waals surface area contributed by atoms with E-state index in [2.05, 4.69) is 15.5 Å². The molecule has 0 radical (unpaired) electrons. The second-order valence-electron chi connectivity index (χ2n) is 6.95. The van der Waals surface area contributed by atoms with Gasteiger partial charge in [-0.3, -0.25) is 9.59 Å². The molecule has 1 N–H and O–H groups in total. The normalized spacial score (nSPS) is 18.6. The van der Waals surface area contributed by atoms with Crippen LogP contribution in [-0.2, 0) is 22.3 Å². The molecule has 2 amide bonds. The second-order valence-corrected chi connectivity index (χ2v) is 7.36. The van der Waals surface area contributed by atoms with E-state index in [-0.39, 0.29) is 36.7 Å². The van der Waals surface area contributed by atoms with Crippen LogP contribution in [0, 0.1) is 0 Å². The number of halogens is 4. The highest BCUT2D eigenvalue weighted by molar-refractivity contribution is 6.21. The topological polar surface area (TPSA) is 83.4 Å². The molecule has 1 atom stereocenters. The van der Waals surface area contributed by atoms with Crippen molar-refractivity contribution in [1.82, 2.24) is 0 Å². The molecule has 1 saturated heterocycles. The Kier molecular flexibility index (Phi) is 5.67. The van der Waals surface area contributed by atoms with Crippen LogP contribution in [0.15, 0.2) is 46.6 Å². The Morgan fingerprint density at radius 1 is 1.23 bits per heavy atom. The number of nitrogens with zero attached hydrogens (tertiary/aromatic N) is 3. The molecule has 11 heteroatoms. The highest BCUT2D eigenvalue weighted by Crippen LogP contribution is 2.36. The number of anilines is 2. The van der Waals surface area contributed by atoms with Crippen LogP contribution >= 0.6 is 11.6 Å². The lowest BCUT2D eigenvalue weighted by molar-refractivity contribution is -0.137. The number of ether oxygens (including phenoxy) is 1. The summed E-state index contributed by atoms with van der Waals surface area (Å²) in [4.78, 5) is 26.4. The number of rotatable bonds is 3. The van der Waals surface area contributed by atoms with Gasteiger partial charge in [0.15, 0.2) is 5.50 Å². The number of carbonyl (C=O) groups excluding carboxylic acids is 2. The fourth-order valence-corrected chi connectivity index (χ4v) is 3.63. The standard InChI is InChI=1S/C20H16ClF3N4O3/c21-18-14-7-11(1-2-12(14)9-25-27-18)19(30)26-15-8-13(20(22,23)24)3-4-16(15)28-5-6-31-10-17(28)29/h1-4,7-8,18H,5-6,9-10H2,(H,26,30). The molecule has 31 heavy (non-hydrogen) atoms. The summed E-state index contributed by atoms with van der Waals surface area (Å²) in [6, 6.07) is 7.60. The van der Waals surface area contributed by atoms with E-state index in [1.165, 1.54) is 23.1 Å². The summed E-state index contributed by atoms with van der Waals surface area (Å²) in [5.74, 6) is -1.05. The summed E-state index contributed by atoms with van der Waals surface area (Å²) in [5.41, 5.74) is -0.0441. The Morgan fingerprint density at radius 3 is 2.77 bits per heavy atom. The molecule has 0 aromatic heterocycles.